The fraction of sp³-hybridized carbons (Fsp3) is 0.833. The van der Waals surface area contributed by atoms with E-state index >= 15 is 0 Å². The Hall–Kier alpha value is -0.900. The van der Waals surface area contributed by atoms with Crippen LogP contribution < -0.4 is 0 Å². The summed E-state index contributed by atoms with van der Waals surface area (Å²) < 4.78 is 5.81. The predicted octanol–water partition coefficient (Wildman–Crippen LogP) is 1.38. The Labute approximate surface area is 96.9 Å². The summed E-state index contributed by atoms with van der Waals surface area (Å²) in [6.07, 6.45) is 0.587. The number of Topliss-reactive ketones (excluding diaryl/α,β-unsaturated/α-hetero) is 1. The maximum absolute atomic E-state index is 11.4. The second kappa shape index (κ2) is 4.53. The fourth-order valence-corrected chi connectivity index (χ4v) is 2.12. The van der Waals surface area contributed by atoms with Gasteiger partial charge in [0.05, 0.1) is 17.7 Å². The Kier molecular flexibility index (Phi) is 3.73. The van der Waals surface area contributed by atoms with Gasteiger partial charge in [0, 0.05) is 19.9 Å². The van der Waals surface area contributed by atoms with Crippen LogP contribution in [-0.2, 0) is 14.3 Å². The minimum Gasteiger partial charge on any atom is -0.371 e. The molecule has 0 aliphatic carbocycles. The van der Waals surface area contributed by atoms with E-state index in [0.29, 0.717) is 13.0 Å². The lowest BCUT2D eigenvalue weighted by Gasteiger charge is -2.24. The molecule has 1 rings (SSSR count). The van der Waals surface area contributed by atoms with Crippen LogP contribution >= 0.6 is 0 Å². The highest BCUT2D eigenvalue weighted by atomic mass is 16.5. The van der Waals surface area contributed by atoms with E-state index in [1.165, 1.54) is 13.8 Å². The summed E-state index contributed by atoms with van der Waals surface area (Å²) in [4.78, 5) is 24.4. The summed E-state index contributed by atoms with van der Waals surface area (Å²) in [6, 6.07) is -0.301. The van der Waals surface area contributed by atoms with Gasteiger partial charge in [-0.05, 0) is 27.7 Å². The van der Waals surface area contributed by atoms with Crippen molar-refractivity contribution in [3.05, 3.63) is 0 Å². The van der Waals surface area contributed by atoms with Crippen LogP contribution in [0.25, 0.3) is 0 Å². The average molecular weight is 227 g/mol. The predicted molar refractivity (Wildman–Crippen MR) is 61.1 cm³/mol. The van der Waals surface area contributed by atoms with Crippen molar-refractivity contribution in [2.75, 3.05) is 6.54 Å². The topological polar surface area (TPSA) is 46.6 Å². The Morgan fingerprint density at radius 1 is 1.25 bits per heavy atom. The molecular formula is C12H21NO3. The minimum absolute atomic E-state index is 0.0298. The van der Waals surface area contributed by atoms with Crippen LogP contribution in [0.5, 0.6) is 0 Å². The molecule has 0 aromatic carbocycles. The number of likely N-dealkylation sites (tertiary alicyclic amines) is 1. The Bertz CT molecular complexity index is 271. The van der Waals surface area contributed by atoms with Crippen molar-refractivity contribution in [3.8, 4) is 0 Å². The Morgan fingerprint density at radius 3 is 2.12 bits per heavy atom. The molecule has 1 saturated heterocycles. The van der Waals surface area contributed by atoms with Crippen molar-refractivity contribution in [2.24, 2.45) is 0 Å². The number of carbonyl (C=O) groups excluding carboxylic acids is 2. The van der Waals surface area contributed by atoms with E-state index < -0.39 is 0 Å². The van der Waals surface area contributed by atoms with Crippen molar-refractivity contribution in [1.82, 2.24) is 4.90 Å². The zero-order valence-electron chi connectivity index (χ0n) is 10.7. The van der Waals surface area contributed by atoms with Gasteiger partial charge in [-0.25, -0.2) is 0 Å². The lowest BCUT2D eigenvalue weighted by atomic mass is 10.1. The highest BCUT2D eigenvalue weighted by molar-refractivity contribution is 5.87. The molecule has 2 atom stereocenters. The zero-order valence-corrected chi connectivity index (χ0v) is 10.7. The molecule has 1 heterocycles. The summed E-state index contributed by atoms with van der Waals surface area (Å²) in [5, 5.41) is 0. The standard InChI is InChI=1S/C12H21NO3/c1-8(14)11-6-10(16-12(3,4)5)7-13(11)9(2)15/h10-11H,6-7H2,1-5H3/t10?,11-/m0/s1. The lowest BCUT2D eigenvalue weighted by Crippen LogP contribution is -2.38. The molecule has 0 aromatic rings. The molecule has 92 valence electrons. The number of hydrogen-bond donors (Lipinski definition) is 0. The highest BCUT2D eigenvalue weighted by Gasteiger charge is 2.38. The molecule has 0 aromatic heterocycles. The smallest absolute Gasteiger partial charge is 0.220 e. The zero-order chi connectivity index (χ0) is 12.5. The molecule has 4 nitrogen and oxygen atoms in total. The SMILES string of the molecule is CC(=O)[C@@H]1CC(OC(C)(C)C)CN1C(C)=O. The molecule has 0 spiro atoms. The van der Waals surface area contributed by atoms with Gasteiger partial charge in [-0.3, -0.25) is 9.59 Å². The fourth-order valence-electron chi connectivity index (χ4n) is 2.12. The number of carbonyl (C=O) groups is 2. The van der Waals surface area contributed by atoms with Crippen LogP contribution in [0.4, 0.5) is 0 Å². The normalized spacial score (nSPS) is 25.9. The van der Waals surface area contributed by atoms with Gasteiger partial charge < -0.3 is 9.64 Å². The van der Waals surface area contributed by atoms with E-state index in [1.807, 2.05) is 20.8 Å². The first-order valence-electron chi connectivity index (χ1n) is 5.66. The van der Waals surface area contributed by atoms with E-state index in [0.717, 1.165) is 0 Å². The van der Waals surface area contributed by atoms with Gasteiger partial charge in [0.25, 0.3) is 0 Å². The van der Waals surface area contributed by atoms with E-state index in [4.69, 9.17) is 4.74 Å². The summed E-state index contributed by atoms with van der Waals surface area (Å²) in [6.45, 7) is 9.48. The van der Waals surface area contributed by atoms with E-state index in [2.05, 4.69) is 0 Å². The van der Waals surface area contributed by atoms with Crippen molar-refractivity contribution < 1.29 is 14.3 Å². The van der Waals surface area contributed by atoms with Gasteiger partial charge in [0.2, 0.25) is 5.91 Å². The first-order chi connectivity index (χ1) is 7.20. The van der Waals surface area contributed by atoms with Crippen LogP contribution in [0.15, 0.2) is 0 Å². The van der Waals surface area contributed by atoms with E-state index in [9.17, 15) is 9.59 Å². The van der Waals surface area contributed by atoms with Crippen molar-refractivity contribution in [1.29, 1.82) is 0 Å². The lowest BCUT2D eigenvalue weighted by molar-refractivity contribution is -0.135. The minimum atomic E-state index is -0.301. The molecule has 0 N–H and O–H groups in total. The molecule has 1 unspecified atom stereocenters. The van der Waals surface area contributed by atoms with Crippen LogP contribution in [0.1, 0.15) is 41.0 Å². The number of ether oxygens (including phenoxy) is 1. The first kappa shape index (κ1) is 13.2. The number of rotatable bonds is 2. The van der Waals surface area contributed by atoms with Crippen LogP contribution in [-0.4, -0.2) is 40.9 Å². The van der Waals surface area contributed by atoms with Gasteiger partial charge in [-0.1, -0.05) is 0 Å². The summed E-state index contributed by atoms with van der Waals surface area (Å²) in [5.74, 6) is -0.0181. The first-order valence-corrected chi connectivity index (χ1v) is 5.66. The third-order valence-corrected chi connectivity index (χ3v) is 2.66. The average Bonchev–Trinajstić information content (AvgIpc) is 2.44. The molecule has 1 aliphatic rings. The van der Waals surface area contributed by atoms with Crippen molar-refractivity contribution >= 4 is 11.7 Å². The van der Waals surface area contributed by atoms with Gasteiger partial charge >= 0.3 is 0 Å². The Balaban J connectivity index is 2.69. The molecule has 1 fully saturated rings. The monoisotopic (exact) mass is 227 g/mol. The van der Waals surface area contributed by atoms with Crippen LogP contribution in [0.2, 0.25) is 0 Å². The molecule has 16 heavy (non-hydrogen) atoms. The molecule has 0 saturated carbocycles. The molecule has 1 amide bonds. The van der Waals surface area contributed by atoms with E-state index in [-0.39, 0.29) is 29.4 Å². The second-order valence-electron chi connectivity index (χ2n) is 5.39. The Morgan fingerprint density at radius 2 is 1.81 bits per heavy atom. The van der Waals surface area contributed by atoms with Crippen molar-refractivity contribution in [2.45, 2.75) is 58.8 Å². The maximum atomic E-state index is 11.4. The number of nitrogens with zero attached hydrogens (tertiary/aromatic N) is 1. The molecule has 1 aliphatic heterocycles. The number of hydrogen-bond acceptors (Lipinski definition) is 3. The van der Waals surface area contributed by atoms with Gasteiger partial charge in [0.15, 0.2) is 5.78 Å². The van der Waals surface area contributed by atoms with Crippen LogP contribution in [0.3, 0.4) is 0 Å². The largest absolute Gasteiger partial charge is 0.371 e. The van der Waals surface area contributed by atoms with E-state index in [1.54, 1.807) is 4.90 Å². The molecule has 4 heteroatoms. The molecule has 0 radical (unpaired) electrons. The number of amides is 1. The molecular weight excluding hydrogens is 206 g/mol. The maximum Gasteiger partial charge on any atom is 0.220 e. The summed E-state index contributed by atoms with van der Waals surface area (Å²) in [7, 11) is 0. The highest BCUT2D eigenvalue weighted by Crippen LogP contribution is 2.24. The third kappa shape index (κ3) is 3.30. The van der Waals surface area contributed by atoms with Gasteiger partial charge in [-0.15, -0.1) is 0 Å². The number of ketones is 1. The molecule has 0 bridgehead atoms. The van der Waals surface area contributed by atoms with Gasteiger partial charge in [-0.2, -0.15) is 0 Å². The summed E-state index contributed by atoms with van der Waals surface area (Å²) in [5.41, 5.74) is -0.237. The third-order valence-electron chi connectivity index (χ3n) is 2.66. The van der Waals surface area contributed by atoms with Crippen molar-refractivity contribution in [3.63, 3.8) is 0 Å². The van der Waals surface area contributed by atoms with Gasteiger partial charge in [0.1, 0.15) is 0 Å². The quantitative estimate of drug-likeness (QED) is 0.716. The second-order valence-corrected chi connectivity index (χ2v) is 5.39. The van der Waals surface area contributed by atoms with Crippen LogP contribution in [0, 0.1) is 0 Å². The summed E-state index contributed by atoms with van der Waals surface area (Å²) >= 11 is 0.